The van der Waals surface area contributed by atoms with Crippen molar-refractivity contribution < 1.29 is 4.79 Å². The number of carbonyl (C=O) groups excluding carboxylic acids is 1. The van der Waals surface area contributed by atoms with Crippen molar-refractivity contribution in [3.05, 3.63) is 56.8 Å². The van der Waals surface area contributed by atoms with Gasteiger partial charge < -0.3 is 4.90 Å². The Morgan fingerprint density at radius 1 is 1.46 bits per heavy atom. The molecule has 0 bridgehead atoms. The molecule has 0 spiro atoms. The average Bonchev–Trinajstić information content (AvgIpc) is 2.99. The molecule has 3 heterocycles. The zero-order valence-corrected chi connectivity index (χ0v) is 16.2. The lowest BCUT2D eigenvalue weighted by molar-refractivity contribution is 0.0701. The topological polar surface area (TPSA) is 37.6 Å². The van der Waals surface area contributed by atoms with Crippen LogP contribution < -0.4 is 0 Å². The molecule has 4 nitrogen and oxygen atoms in total. The number of pyridine rings is 1. The number of carbonyl (C=O) groups is 1. The van der Waals surface area contributed by atoms with E-state index in [9.17, 15) is 4.79 Å². The molecule has 1 amide bonds. The summed E-state index contributed by atoms with van der Waals surface area (Å²) in [5.74, 6) is -0.0441. The Balaban J connectivity index is 1.91. The molecule has 1 atom stereocenters. The smallest absolute Gasteiger partial charge is 0.274 e. The first-order valence-electron chi connectivity index (χ1n) is 7.90. The van der Waals surface area contributed by atoms with Crippen LogP contribution in [0.15, 0.2) is 46.1 Å². The van der Waals surface area contributed by atoms with Gasteiger partial charge in [-0.15, -0.1) is 0 Å². The van der Waals surface area contributed by atoms with E-state index in [1.807, 2.05) is 24.0 Å². The van der Waals surface area contributed by atoms with E-state index >= 15 is 0 Å². The maximum Gasteiger partial charge on any atom is 0.274 e. The molecular weight excluding hydrogens is 390 g/mol. The molecule has 1 aliphatic rings. The first-order chi connectivity index (χ1) is 11.4. The van der Waals surface area contributed by atoms with Gasteiger partial charge in [0.05, 0.1) is 16.6 Å². The molecule has 0 fully saturated rings. The molecule has 2 aromatic rings. The lowest BCUT2D eigenvalue weighted by Crippen LogP contribution is -2.43. The maximum absolute atomic E-state index is 12.9. The molecular formula is C18H19BrClN3O. The number of allylic oxidation sites excluding steroid dienone is 2. The minimum absolute atomic E-state index is 0.0437. The molecule has 1 unspecified atom stereocenters. The van der Waals surface area contributed by atoms with Crippen LogP contribution >= 0.6 is 27.5 Å². The molecule has 24 heavy (non-hydrogen) atoms. The Labute approximate surface area is 154 Å². The van der Waals surface area contributed by atoms with Gasteiger partial charge in [-0.3, -0.25) is 4.79 Å². The van der Waals surface area contributed by atoms with Crippen LogP contribution in [-0.2, 0) is 0 Å². The van der Waals surface area contributed by atoms with E-state index in [2.05, 4.69) is 41.0 Å². The third-order valence-electron chi connectivity index (χ3n) is 4.62. The molecule has 0 aromatic carbocycles. The summed E-state index contributed by atoms with van der Waals surface area (Å²) < 4.78 is 2.76. The molecule has 2 aromatic heterocycles. The van der Waals surface area contributed by atoms with Crippen molar-refractivity contribution in [1.82, 2.24) is 14.5 Å². The van der Waals surface area contributed by atoms with Crippen LogP contribution in [0.3, 0.4) is 0 Å². The third-order valence-corrected chi connectivity index (χ3v) is 5.78. The van der Waals surface area contributed by atoms with Gasteiger partial charge in [0.25, 0.3) is 5.91 Å². The van der Waals surface area contributed by atoms with Crippen molar-refractivity contribution >= 4 is 39.0 Å². The minimum Gasteiger partial charge on any atom is -0.330 e. The maximum atomic E-state index is 12.9. The highest BCUT2D eigenvalue weighted by Gasteiger charge is 2.30. The van der Waals surface area contributed by atoms with Crippen LogP contribution in [0, 0.1) is 0 Å². The second-order valence-electron chi connectivity index (χ2n) is 5.97. The molecule has 1 aliphatic heterocycles. The highest BCUT2D eigenvalue weighted by Crippen LogP contribution is 2.32. The van der Waals surface area contributed by atoms with Gasteiger partial charge in [0.15, 0.2) is 5.69 Å². The molecule has 6 heteroatoms. The molecule has 0 aliphatic carbocycles. The Morgan fingerprint density at radius 2 is 2.21 bits per heavy atom. The third kappa shape index (κ3) is 3.03. The number of fused-ring (bicyclic) bond motifs is 1. The van der Waals surface area contributed by atoms with E-state index in [1.165, 1.54) is 11.1 Å². The number of hydrogen-bond acceptors (Lipinski definition) is 2. The van der Waals surface area contributed by atoms with E-state index < -0.39 is 0 Å². The molecule has 3 rings (SSSR count). The number of halogens is 2. The summed E-state index contributed by atoms with van der Waals surface area (Å²) in [5.41, 5.74) is 3.81. The van der Waals surface area contributed by atoms with Crippen molar-refractivity contribution in [3.63, 3.8) is 0 Å². The molecule has 0 radical (unpaired) electrons. The summed E-state index contributed by atoms with van der Waals surface area (Å²) in [5, 5.41) is 4.98. The van der Waals surface area contributed by atoms with Gasteiger partial charge in [0, 0.05) is 17.2 Å². The second kappa shape index (κ2) is 6.73. The van der Waals surface area contributed by atoms with Gasteiger partial charge in [-0.25, -0.2) is 4.52 Å². The summed E-state index contributed by atoms with van der Waals surface area (Å²) in [6.45, 7) is 6.85. The SMILES string of the molecule is C/C=C(/Br)C1=C(C)C(C)N(C(=O)c2cc3ccc(Cl)cn3n2)CC1. The first kappa shape index (κ1) is 17.2. The van der Waals surface area contributed by atoms with Gasteiger partial charge in [-0.2, -0.15) is 5.10 Å². The van der Waals surface area contributed by atoms with Crippen LogP contribution in [0.1, 0.15) is 37.7 Å². The molecule has 0 N–H and O–H groups in total. The predicted molar refractivity (Wildman–Crippen MR) is 101 cm³/mol. The van der Waals surface area contributed by atoms with Crippen LogP contribution in [-0.4, -0.2) is 33.0 Å². The van der Waals surface area contributed by atoms with Gasteiger partial charge in [0.1, 0.15) is 0 Å². The zero-order valence-electron chi connectivity index (χ0n) is 13.9. The Bertz CT molecular complexity index is 868. The average molecular weight is 409 g/mol. The van der Waals surface area contributed by atoms with Crippen molar-refractivity contribution in [2.45, 2.75) is 33.2 Å². The Hall–Kier alpha value is -1.59. The Kier molecular flexibility index (Phi) is 4.83. The largest absolute Gasteiger partial charge is 0.330 e. The Morgan fingerprint density at radius 3 is 2.92 bits per heavy atom. The number of aromatic nitrogens is 2. The van der Waals surface area contributed by atoms with Crippen molar-refractivity contribution in [2.75, 3.05) is 6.54 Å². The summed E-state index contributed by atoms with van der Waals surface area (Å²) >= 11 is 9.60. The van der Waals surface area contributed by atoms with E-state index in [1.54, 1.807) is 16.8 Å². The molecule has 0 saturated carbocycles. The fourth-order valence-corrected chi connectivity index (χ4v) is 3.75. The number of amides is 1. The summed E-state index contributed by atoms with van der Waals surface area (Å²) in [7, 11) is 0. The van der Waals surface area contributed by atoms with Crippen molar-refractivity contribution in [3.8, 4) is 0 Å². The predicted octanol–water partition coefficient (Wildman–Crippen LogP) is 4.84. The standard InChI is InChI=1S/C18H19BrClN3O/c1-4-16(19)15-7-8-22(12(3)11(15)2)18(24)17-9-14-6-5-13(20)10-23(14)21-17/h4-6,9-10,12H,7-8H2,1-3H3/b16-4+. The number of rotatable bonds is 2. The van der Waals surface area contributed by atoms with Gasteiger partial charge >= 0.3 is 0 Å². The number of nitrogens with zero attached hydrogens (tertiary/aromatic N) is 3. The summed E-state index contributed by atoms with van der Waals surface area (Å²) in [4.78, 5) is 14.8. The van der Waals surface area contributed by atoms with Crippen LogP contribution in [0.4, 0.5) is 0 Å². The fourth-order valence-electron chi connectivity index (χ4n) is 3.08. The summed E-state index contributed by atoms with van der Waals surface area (Å²) in [6.07, 6.45) is 4.60. The summed E-state index contributed by atoms with van der Waals surface area (Å²) in [6, 6.07) is 5.51. The lowest BCUT2D eigenvalue weighted by atomic mass is 9.94. The zero-order chi connectivity index (χ0) is 17.4. The number of hydrogen-bond donors (Lipinski definition) is 0. The lowest BCUT2D eigenvalue weighted by Gasteiger charge is -2.35. The van der Waals surface area contributed by atoms with Gasteiger partial charge in [-0.05, 0) is 56.5 Å². The highest BCUT2D eigenvalue weighted by molar-refractivity contribution is 9.12. The first-order valence-corrected chi connectivity index (χ1v) is 9.07. The van der Waals surface area contributed by atoms with E-state index in [0.29, 0.717) is 17.3 Å². The van der Waals surface area contributed by atoms with E-state index in [4.69, 9.17) is 11.6 Å². The van der Waals surface area contributed by atoms with E-state index in [0.717, 1.165) is 16.4 Å². The van der Waals surface area contributed by atoms with Gasteiger partial charge in [0.2, 0.25) is 0 Å². The normalized spacial score (nSPS) is 19.3. The van der Waals surface area contributed by atoms with Gasteiger partial charge in [-0.1, -0.05) is 33.6 Å². The molecule has 0 saturated heterocycles. The second-order valence-corrected chi connectivity index (χ2v) is 7.26. The molecule has 126 valence electrons. The highest BCUT2D eigenvalue weighted by atomic mass is 79.9. The van der Waals surface area contributed by atoms with E-state index in [-0.39, 0.29) is 11.9 Å². The monoisotopic (exact) mass is 407 g/mol. The van der Waals surface area contributed by atoms with Crippen LogP contribution in [0.2, 0.25) is 5.02 Å². The van der Waals surface area contributed by atoms with Crippen molar-refractivity contribution in [2.24, 2.45) is 0 Å². The van der Waals surface area contributed by atoms with Crippen LogP contribution in [0.25, 0.3) is 5.52 Å². The van der Waals surface area contributed by atoms with Crippen molar-refractivity contribution in [1.29, 1.82) is 0 Å². The quantitative estimate of drug-likeness (QED) is 0.713. The fraction of sp³-hybridized carbons (Fsp3) is 0.333. The van der Waals surface area contributed by atoms with Crippen LogP contribution in [0.5, 0.6) is 0 Å². The minimum atomic E-state index is -0.0441.